The van der Waals surface area contributed by atoms with E-state index in [1.54, 1.807) is 27.7 Å². The first-order chi connectivity index (χ1) is 8.91. The highest BCUT2D eigenvalue weighted by Crippen LogP contribution is 2.25. The van der Waals surface area contributed by atoms with Crippen molar-refractivity contribution in [2.24, 2.45) is 0 Å². The lowest BCUT2D eigenvalue weighted by molar-refractivity contribution is -0.142. The molecule has 102 valence electrons. The zero-order chi connectivity index (χ0) is 14.6. The summed E-state index contributed by atoms with van der Waals surface area (Å²) in [6.45, 7) is 7.10. The molecule has 0 atom stereocenters. The first kappa shape index (κ1) is 14.9. The predicted molar refractivity (Wildman–Crippen MR) is 70.8 cm³/mol. The summed E-state index contributed by atoms with van der Waals surface area (Å²) in [7, 11) is 0. The minimum atomic E-state index is -1.12. The van der Waals surface area contributed by atoms with Gasteiger partial charge in [-0.25, -0.2) is 4.79 Å². The first-order valence-corrected chi connectivity index (χ1v) is 6.17. The molecule has 6 heteroatoms. The van der Waals surface area contributed by atoms with Gasteiger partial charge in [0.2, 0.25) is 0 Å². The molecular formula is C13H18N4O2. The number of hydrogen-bond donors (Lipinski definition) is 2. The molecule has 0 saturated carbocycles. The van der Waals surface area contributed by atoms with Gasteiger partial charge in [-0.1, -0.05) is 13.8 Å². The Bertz CT molecular complexity index is 530. The summed E-state index contributed by atoms with van der Waals surface area (Å²) in [4.78, 5) is 11.4. The fourth-order valence-corrected chi connectivity index (χ4v) is 1.84. The lowest BCUT2D eigenvalue weighted by Crippen LogP contribution is -2.45. The molecule has 0 amide bonds. The minimum Gasteiger partial charge on any atom is -0.480 e. The lowest BCUT2D eigenvalue weighted by Gasteiger charge is -2.29. The van der Waals surface area contributed by atoms with Crippen molar-refractivity contribution in [1.29, 1.82) is 5.26 Å². The van der Waals surface area contributed by atoms with Crippen molar-refractivity contribution in [3.8, 4) is 6.07 Å². The van der Waals surface area contributed by atoms with Crippen LogP contribution < -0.4 is 5.32 Å². The third-order valence-electron chi connectivity index (χ3n) is 3.54. The summed E-state index contributed by atoms with van der Waals surface area (Å²) < 4.78 is 0. The summed E-state index contributed by atoms with van der Waals surface area (Å²) in [6.07, 6.45) is 0.774. The molecule has 0 aliphatic rings. The Morgan fingerprint density at radius 3 is 2.37 bits per heavy atom. The zero-order valence-electron chi connectivity index (χ0n) is 11.6. The van der Waals surface area contributed by atoms with Crippen molar-refractivity contribution in [3.63, 3.8) is 0 Å². The molecule has 0 aliphatic carbocycles. The summed E-state index contributed by atoms with van der Waals surface area (Å²) in [5.74, 6) is -0.724. The van der Waals surface area contributed by atoms with E-state index in [1.165, 1.54) is 0 Å². The van der Waals surface area contributed by atoms with Crippen LogP contribution in [-0.4, -0.2) is 26.8 Å². The number of carboxylic acids is 1. The predicted octanol–water partition coefficient (Wildman–Crippen LogP) is 2.02. The van der Waals surface area contributed by atoms with E-state index in [0.29, 0.717) is 29.7 Å². The molecule has 0 fully saturated rings. The van der Waals surface area contributed by atoms with Gasteiger partial charge < -0.3 is 10.4 Å². The maximum absolute atomic E-state index is 11.4. The molecule has 2 N–H and O–H groups in total. The monoisotopic (exact) mass is 262 g/mol. The van der Waals surface area contributed by atoms with Gasteiger partial charge >= 0.3 is 5.97 Å². The average Bonchev–Trinajstić information content (AvgIpc) is 2.40. The SMILES string of the molecule is CCC(CC)(Nc1nnc(C)c(C)c1C#N)C(=O)O. The molecule has 1 aromatic heterocycles. The number of nitrogens with one attached hydrogen (secondary N) is 1. The summed E-state index contributed by atoms with van der Waals surface area (Å²) in [6, 6.07) is 2.06. The average molecular weight is 262 g/mol. The molecule has 1 rings (SSSR count). The van der Waals surface area contributed by atoms with Crippen LogP contribution >= 0.6 is 0 Å². The smallest absolute Gasteiger partial charge is 0.329 e. The number of rotatable bonds is 5. The number of anilines is 1. The molecule has 1 heterocycles. The molecule has 0 saturated heterocycles. The number of aromatic nitrogens is 2. The van der Waals surface area contributed by atoms with E-state index < -0.39 is 11.5 Å². The largest absolute Gasteiger partial charge is 0.480 e. The van der Waals surface area contributed by atoms with E-state index in [9.17, 15) is 15.2 Å². The second-order valence-electron chi connectivity index (χ2n) is 4.47. The van der Waals surface area contributed by atoms with Crippen LogP contribution in [-0.2, 0) is 4.79 Å². The minimum absolute atomic E-state index is 0.233. The first-order valence-electron chi connectivity index (χ1n) is 6.17. The molecule has 0 spiro atoms. The number of aliphatic carboxylic acids is 1. The second-order valence-corrected chi connectivity index (χ2v) is 4.47. The fourth-order valence-electron chi connectivity index (χ4n) is 1.84. The Morgan fingerprint density at radius 1 is 1.37 bits per heavy atom. The lowest BCUT2D eigenvalue weighted by atomic mass is 9.92. The van der Waals surface area contributed by atoms with Crippen molar-refractivity contribution in [1.82, 2.24) is 10.2 Å². The van der Waals surface area contributed by atoms with Gasteiger partial charge in [0.25, 0.3) is 0 Å². The Labute approximate surface area is 112 Å². The molecule has 0 bridgehead atoms. The van der Waals surface area contributed by atoms with Crippen LogP contribution in [0.3, 0.4) is 0 Å². The van der Waals surface area contributed by atoms with Gasteiger partial charge in [0.1, 0.15) is 17.2 Å². The van der Waals surface area contributed by atoms with Gasteiger partial charge in [0.05, 0.1) is 5.69 Å². The van der Waals surface area contributed by atoms with Crippen molar-refractivity contribution >= 4 is 11.8 Å². The number of carbonyl (C=O) groups is 1. The Kier molecular flexibility index (Phi) is 4.43. The van der Waals surface area contributed by atoms with Crippen LogP contribution in [0.25, 0.3) is 0 Å². The van der Waals surface area contributed by atoms with Gasteiger partial charge in [-0.05, 0) is 32.3 Å². The number of aryl methyl sites for hydroxylation is 1. The standard InChI is InChI=1S/C13H18N4O2/c1-5-13(6-2,12(18)19)15-11-10(7-14)8(3)9(4)16-17-11/h5-6H2,1-4H3,(H,15,17)(H,18,19). The van der Waals surface area contributed by atoms with E-state index in [4.69, 9.17) is 0 Å². The van der Waals surface area contributed by atoms with Crippen molar-refractivity contribution in [2.75, 3.05) is 5.32 Å². The van der Waals surface area contributed by atoms with Crippen LogP contribution in [0, 0.1) is 25.2 Å². The highest BCUT2D eigenvalue weighted by Gasteiger charge is 2.36. The normalized spacial score (nSPS) is 10.9. The molecule has 6 nitrogen and oxygen atoms in total. The molecular weight excluding hydrogens is 244 g/mol. The van der Waals surface area contributed by atoms with Crippen LogP contribution in [0.5, 0.6) is 0 Å². The van der Waals surface area contributed by atoms with E-state index in [0.717, 1.165) is 0 Å². The van der Waals surface area contributed by atoms with Crippen LogP contribution in [0.1, 0.15) is 43.5 Å². The maximum atomic E-state index is 11.4. The molecule has 0 aliphatic heterocycles. The van der Waals surface area contributed by atoms with E-state index in [1.807, 2.05) is 0 Å². The second kappa shape index (κ2) is 5.65. The number of nitrogens with zero attached hydrogens (tertiary/aromatic N) is 3. The number of nitriles is 1. The highest BCUT2D eigenvalue weighted by atomic mass is 16.4. The topological polar surface area (TPSA) is 98.9 Å². The third-order valence-corrected chi connectivity index (χ3v) is 3.54. The van der Waals surface area contributed by atoms with Crippen LogP contribution in [0.2, 0.25) is 0 Å². The zero-order valence-corrected chi connectivity index (χ0v) is 11.6. The van der Waals surface area contributed by atoms with Gasteiger partial charge in [-0.15, -0.1) is 5.10 Å². The fraction of sp³-hybridized carbons (Fsp3) is 0.538. The number of carboxylic acid groups (broad SMARTS) is 1. The van der Waals surface area contributed by atoms with E-state index in [-0.39, 0.29) is 5.82 Å². The van der Waals surface area contributed by atoms with Crippen molar-refractivity contribution in [3.05, 3.63) is 16.8 Å². The molecule has 1 aromatic rings. The van der Waals surface area contributed by atoms with Crippen LogP contribution in [0.4, 0.5) is 5.82 Å². The third kappa shape index (κ3) is 2.65. The van der Waals surface area contributed by atoms with Gasteiger partial charge in [0.15, 0.2) is 5.82 Å². The van der Waals surface area contributed by atoms with Gasteiger partial charge in [-0.3, -0.25) is 0 Å². The molecule has 0 unspecified atom stereocenters. The Morgan fingerprint density at radius 2 is 1.95 bits per heavy atom. The molecule has 0 aromatic carbocycles. The molecule has 19 heavy (non-hydrogen) atoms. The molecule has 0 radical (unpaired) electrons. The maximum Gasteiger partial charge on any atom is 0.329 e. The quantitative estimate of drug-likeness (QED) is 0.842. The summed E-state index contributed by atoms with van der Waals surface area (Å²) in [5, 5.41) is 29.3. The van der Waals surface area contributed by atoms with Crippen LogP contribution in [0.15, 0.2) is 0 Å². The summed E-state index contributed by atoms with van der Waals surface area (Å²) >= 11 is 0. The van der Waals surface area contributed by atoms with Crippen molar-refractivity contribution in [2.45, 2.75) is 46.1 Å². The van der Waals surface area contributed by atoms with Gasteiger partial charge in [0, 0.05) is 0 Å². The van der Waals surface area contributed by atoms with E-state index in [2.05, 4.69) is 21.6 Å². The Balaban J connectivity index is 3.30. The highest BCUT2D eigenvalue weighted by molar-refractivity contribution is 5.83. The van der Waals surface area contributed by atoms with E-state index >= 15 is 0 Å². The summed E-state index contributed by atoms with van der Waals surface area (Å²) in [5.41, 5.74) is 0.602. The van der Waals surface area contributed by atoms with Gasteiger partial charge in [-0.2, -0.15) is 10.4 Å². The number of hydrogen-bond acceptors (Lipinski definition) is 5. The Hall–Kier alpha value is -2.16. The van der Waals surface area contributed by atoms with Crippen molar-refractivity contribution < 1.29 is 9.90 Å².